The van der Waals surface area contributed by atoms with Crippen molar-refractivity contribution in [3.63, 3.8) is 0 Å². The number of aliphatic hydroxyl groups is 3. The fourth-order valence-electron chi connectivity index (χ4n) is 10.4. The van der Waals surface area contributed by atoms with Gasteiger partial charge >= 0.3 is 5.97 Å². The molecule has 0 aromatic carbocycles. The number of hydrogen-bond acceptors (Lipinski definition) is 13. The molecule has 2 saturated heterocycles. The number of esters is 1. The molecule has 0 radical (unpaired) electrons. The maximum atomic E-state index is 14.4. The van der Waals surface area contributed by atoms with Crippen molar-refractivity contribution in [1.82, 2.24) is 4.90 Å². The maximum Gasteiger partial charge on any atom is 0.329 e. The van der Waals surface area contributed by atoms with Gasteiger partial charge in [0, 0.05) is 51.4 Å². The molecule has 1 amide bonds. The first-order chi connectivity index (χ1) is 32.1. The average Bonchev–Trinajstić information content (AvgIpc) is 3.31. The molecule has 2 bridgehead atoms. The first-order valence-electron chi connectivity index (χ1n) is 25.4. The van der Waals surface area contributed by atoms with Crippen molar-refractivity contribution in [2.45, 2.75) is 206 Å². The van der Waals surface area contributed by atoms with Crippen molar-refractivity contribution in [2.24, 2.45) is 35.5 Å². The van der Waals surface area contributed by atoms with E-state index < -0.39 is 83.9 Å². The summed E-state index contributed by atoms with van der Waals surface area (Å²) in [6.45, 7) is 16.8. The van der Waals surface area contributed by atoms with Crippen LogP contribution < -0.4 is 0 Å². The second kappa shape index (κ2) is 26.7. The third kappa shape index (κ3) is 15.3. The van der Waals surface area contributed by atoms with Gasteiger partial charge in [-0.1, -0.05) is 78.0 Å². The first kappa shape index (κ1) is 57.2. The van der Waals surface area contributed by atoms with Gasteiger partial charge in [0.05, 0.1) is 30.5 Å². The Hall–Kier alpha value is -3.37. The van der Waals surface area contributed by atoms with Crippen molar-refractivity contribution in [3.05, 3.63) is 47.6 Å². The average molecular weight is 956 g/mol. The molecule has 3 aliphatic heterocycles. The molecule has 14 heteroatoms. The highest BCUT2D eigenvalue weighted by Crippen LogP contribution is 2.38. The van der Waals surface area contributed by atoms with E-state index in [1.165, 1.54) is 12.0 Å². The Labute approximate surface area is 406 Å². The lowest BCUT2D eigenvalue weighted by Crippen LogP contribution is -2.61. The van der Waals surface area contributed by atoms with E-state index in [0.717, 1.165) is 18.4 Å². The predicted molar refractivity (Wildman–Crippen MR) is 259 cm³/mol. The topological polar surface area (TPSA) is 195 Å². The fraction of sp³-hybridized carbons (Fsp3) is 0.759. The van der Waals surface area contributed by atoms with Crippen LogP contribution in [0.2, 0.25) is 0 Å². The lowest BCUT2D eigenvalue weighted by atomic mass is 9.78. The third-order valence-electron chi connectivity index (χ3n) is 15.2. The Morgan fingerprint density at radius 1 is 0.868 bits per heavy atom. The zero-order valence-electron chi connectivity index (χ0n) is 42.9. The van der Waals surface area contributed by atoms with Crippen LogP contribution in [0, 0.1) is 35.5 Å². The summed E-state index contributed by atoms with van der Waals surface area (Å²) in [6.07, 6.45) is 11.9. The van der Waals surface area contributed by atoms with Gasteiger partial charge in [-0.3, -0.25) is 19.2 Å². The summed E-state index contributed by atoms with van der Waals surface area (Å²) in [5.41, 5.74) is 1.29. The highest BCUT2D eigenvalue weighted by molar-refractivity contribution is 6.39. The van der Waals surface area contributed by atoms with Crippen molar-refractivity contribution >= 4 is 29.2 Å². The molecule has 3 N–H and O–H groups in total. The number of ether oxygens (including phenoxy) is 5. The number of ketones is 3. The van der Waals surface area contributed by atoms with Crippen molar-refractivity contribution < 1.29 is 63.0 Å². The molecule has 16 atom stereocenters. The molecular weight excluding hydrogens is 871 g/mol. The number of carbonyl (C=O) groups excluding carboxylic acids is 5. The standard InChI is InChI=1S/C54H85NO13/c1-12-39(9)66-45-30-41-23-21-38(8)54(63,68-41)51(60)52(61)55-25-17-16-20-42(55)53(62)67-46(35(5)28-40-22-24-43(56)47(29-40)64-10)31-44(57)34(4)27-37(7)49(59)50(65-11)48(58)36(6)26-32(2)18-14-13-15-19-33(45)3/h13-15,18-19,27,32,34-36,38-43,45-47,49-50,56,59,63H,12,16-17,20-26,28-31H2,1-11H3/b15-13+,18-14+,33-19+,37-27+/t32-,34-,35-,36-,38-,39-,40+,41+,42+,43-,45-,46?,47-,49-,50+,54-/m1/s1. The Kier molecular flexibility index (Phi) is 22.5. The molecule has 0 aromatic heterocycles. The molecule has 68 heavy (non-hydrogen) atoms. The number of nitrogens with zero attached hydrogens (tertiary/aromatic N) is 1. The molecule has 384 valence electrons. The zero-order chi connectivity index (χ0) is 50.5. The quantitative estimate of drug-likeness (QED) is 0.124. The van der Waals surface area contributed by atoms with E-state index in [1.54, 1.807) is 34.0 Å². The van der Waals surface area contributed by atoms with Crippen LogP contribution in [-0.4, -0.2) is 131 Å². The number of carbonyl (C=O) groups is 5. The predicted octanol–water partition coefficient (Wildman–Crippen LogP) is 7.35. The number of fused-ring (bicyclic) bond motifs is 3. The minimum Gasteiger partial charge on any atom is -0.460 e. The first-order valence-corrected chi connectivity index (χ1v) is 25.4. The van der Waals surface area contributed by atoms with Crippen LogP contribution in [0.5, 0.6) is 0 Å². The molecule has 0 aromatic rings. The minimum atomic E-state index is -2.44. The molecule has 0 spiro atoms. The zero-order valence-corrected chi connectivity index (χ0v) is 42.9. The Balaban J connectivity index is 1.73. The van der Waals surface area contributed by atoms with Crippen LogP contribution in [0.4, 0.5) is 0 Å². The summed E-state index contributed by atoms with van der Waals surface area (Å²) in [5, 5.41) is 34.1. The van der Waals surface area contributed by atoms with Crippen LogP contribution >= 0.6 is 0 Å². The lowest BCUT2D eigenvalue weighted by molar-refractivity contribution is -0.266. The van der Waals surface area contributed by atoms with Gasteiger partial charge in [-0.15, -0.1) is 0 Å². The largest absolute Gasteiger partial charge is 0.460 e. The summed E-state index contributed by atoms with van der Waals surface area (Å²) >= 11 is 0. The summed E-state index contributed by atoms with van der Waals surface area (Å²) in [5.74, 6) is -7.98. The Morgan fingerprint density at radius 2 is 1.59 bits per heavy atom. The van der Waals surface area contributed by atoms with E-state index in [0.29, 0.717) is 63.4 Å². The summed E-state index contributed by atoms with van der Waals surface area (Å²) < 4.78 is 30.2. The normalized spacial score (nSPS) is 39.6. The van der Waals surface area contributed by atoms with Crippen molar-refractivity contribution in [1.29, 1.82) is 0 Å². The van der Waals surface area contributed by atoms with Crippen LogP contribution in [0.3, 0.4) is 0 Å². The smallest absolute Gasteiger partial charge is 0.329 e. The number of cyclic esters (lactones) is 1. The van der Waals surface area contributed by atoms with E-state index in [9.17, 15) is 39.3 Å². The molecular formula is C54H85NO13. The van der Waals surface area contributed by atoms with Gasteiger partial charge in [0.1, 0.15) is 30.1 Å². The molecule has 1 unspecified atom stereocenters. The summed E-state index contributed by atoms with van der Waals surface area (Å²) in [7, 11) is 2.95. The highest BCUT2D eigenvalue weighted by Gasteiger charge is 2.53. The SMILES string of the molecule is CC[C@@H](C)O[C@@H]1C[C@@H]2CC[C@@H](C)[C@@](O)(O2)C(=O)C(=O)N2CCCC[C@H]2C(=O)OC([C@H](C)C[C@@H]2CC[C@@H](O)[C@H](OC)C2)CC(=O)[C@H](C)/C=C(\C)[C@@H](O)[C@@H](OC)C(=O)[C@H](C)C[C@H](C)/C=C/C=C/C=C/1C. The highest BCUT2D eigenvalue weighted by atomic mass is 16.6. The number of amides is 1. The van der Waals surface area contributed by atoms with Gasteiger partial charge in [0.15, 0.2) is 5.78 Å². The number of piperidine rings is 1. The van der Waals surface area contributed by atoms with E-state index in [4.69, 9.17) is 23.7 Å². The van der Waals surface area contributed by atoms with Gasteiger partial charge in [0.25, 0.3) is 11.7 Å². The molecule has 4 rings (SSSR count). The number of methoxy groups -OCH3 is 2. The van der Waals surface area contributed by atoms with Crippen molar-refractivity contribution in [3.8, 4) is 0 Å². The van der Waals surface area contributed by atoms with E-state index in [1.807, 2.05) is 71.9 Å². The minimum absolute atomic E-state index is 0.0145. The van der Waals surface area contributed by atoms with Gasteiger partial charge < -0.3 is 43.9 Å². The second-order valence-electron chi connectivity index (χ2n) is 20.7. The number of allylic oxidation sites excluding steroid dienone is 6. The molecule has 3 fully saturated rings. The third-order valence-corrected chi connectivity index (χ3v) is 15.2. The number of rotatable bonds is 8. The lowest BCUT2D eigenvalue weighted by Gasteiger charge is -2.43. The van der Waals surface area contributed by atoms with E-state index in [-0.39, 0.29) is 60.9 Å². The van der Waals surface area contributed by atoms with E-state index >= 15 is 0 Å². The molecule has 1 aliphatic carbocycles. The number of hydrogen-bond donors (Lipinski definition) is 3. The van der Waals surface area contributed by atoms with Crippen molar-refractivity contribution in [2.75, 3.05) is 20.8 Å². The van der Waals surface area contributed by atoms with Crippen LogP contribution in [0.1, 0.15) is 146 Å². The number of Topliss-reactive ketones (excluding diaryl/α,β-unsaturated/α-hetero) is 3. The van der Waals surface area contributed by atoms with Gasteiger partial charge in [0.2, 0.25) is 5.79 Å². The second-order valence-corrected chi connectivity index (χ2v) is 20.7. The maximum absolute atomic E-state index is 14.4. The fourth-order valence-corrected chi connectivity index (χ4v) is 10.4. The van der Waals surface area contributed by atoms with Crippen LogP contribution in [-0.2, 0) is 47.7 Å². The summed E-state index contributed by atoms with van der Waals surface area (Å²) in [4.78, 5) is 72.3. The van der Waals surface area contributed by atoms with Crippen LogP contribution in [0.15, 0.2) is 47.6 Å². The number of aliphatic hydroxyl groups excluding tert-OH is 2. The monoisotopic (exact) mass is 956 g/mol. The molecule has 1 saturated carbocycles. The van der Waals surface area contributed by atoms with Crippen LogP contribution in [0.25, 0.3) is 0 Å². The molecule has 3 heterocycles. The van der Waals surface area contributed by atoms with Gasteiger partial charge in [-0.25, -0.2) is 4.79 Å². The Morgan fingerprint density at radius 3 is 2.26 bits per heavy atom. The Bertz CT molecular complexity index is 1820. The van der Waals surface area contributed by atoms with E-state index in [2.05, 4.69) is 0 Å². The van der Waals surface area contributed by atoms with Gasteiger partial charge in [-0.05, 0) is 120 Å². The van der Waals surface area contributed by atoms with Gasteiger partial charge in [-0.2, -0.15) is 0 Å². The molecule has 14 nitrogen and oxygen atoms in total. The molecule has 4 aliphatic rings. The summed E-state index contributed by atoms with van der Waals surface area (Å²) in [6, 6.07) is -1.14.